The van der Waals surface area contributed by atoms with Crippen molar-refractivity contribution in [1.29, 1.82) is 0 Å². The number of carbonyl (C=O) groups is 1. The summed E-state index contributed by atoms with van der Waals surface area (Å²) in [6.45, 7) is 2.23. The zero-order chi connectivity index (χ0) is 13.9. The van der Waals surface area contributed by atoms with E-state index in [1.54, 1.807) is 0 Å². The maximum atomic E-state index is 11.8. The van der Waals surface area contributed by atoms with Crippen molar-refractivity contribution in [3.05, 3.63) is 29.8 Å². The lowest BCUT2D eigenvalue weighted by molar-refractivity contribution is -0.118. The number of nitrogen functional groups attached to an aromatic ring is 1. The second-order valence-corrected chi connectivity index (χ2v) is 5.33. The van der Waals surface area contributed by atoms with E-state index in [4.69, 9.17) is 5.73 Å². The average molecular weight is 261 g/mol. The molecule has 2 nitrogen and oxygen atoms in total. The molecule has 0 fully saturated rings. The number of hydrogen-bond donors (Lipinski definition) is 1. The maximum absolute atomic E-state index is 11.8. The summed E-state index contributed by atoms with van der Waals surface area (Å²) in [5.74, 6) is 0.333. The van der Waals surface area contributed by atoms with Gasteiger partial charge < -0.3 is 5.73 Å². The van der Waals surface area contributed by atoms with Crippen LogP contribution in [0.15, 0.2) is 24.3 Å². The SMILES string of the molecule is CCCCCCCCCC(=O)Cc1cccc(N)c1. The minimum atomic E-state index is 0.333. The van der Waals surface area contributed by atoms with Gasteiger partial charge in [0.15, 0.2) is 0 Å². The zero-order valence-electron chi connectivity index (χ0n) is 12.2. The summed E-state index contributed by atoms with van der Waals surface area (Å²) in [5, 5.41) is 0. The molecule has 0 aromatic heterocycles. The lowest BCUT2D eigenvalue weighted by Crippen LogP contribution is -2.03. The number of nitrogens with two attached hydrogens (primary N) is 1. The van der Waals surface area contributed by atoms with Crippen molar-refractivity contribution in [2.75, 3.05) is 5.73 Å². The molecule has 1 aromatic rings. The quantitative estimate of drug-likeness (QED) is 0.497. The van der Waals surface area contributed by atoms with E-state index in [1.165, 1.54) is 38.5 Å². The Balaban J connectivity index is 2.08. The molecule has 0 heterocycles. The average Bonchev–Trinajstić information content (AvgIpc) is 2.37. The molecule has 0 saturated carbocycles. The molecule has 0 atom stereocenters. The zero-order valence-corrected chi connectivity index (χ0v) is 12.2. The molecule has 1 rings (SSSR count). The van der Waals surface area contributed by atoms with Gasteiger partial charge in [0.2, 0.25) is 0 Å². The largest absolute Gasteiger partial charge is 0.399 e. The van der Waals surface area contributed by atoms with Crippen LogP contribution in [0.2, 0.25) is 0 Å². The Kier molecular flexibility index (Phi) is 7.95. The van der Waals surface area contributed by atoms with E-state index < -0.39 is 0 Å². The van der Waals surface area contributed by atoms with Crippen LogP contribution in [0.25, 0.3) is 0 Å². The van der Waals surface area contributed by atoms with Crippen molar-refractivity contribution in [3.8, 4) is 0 Å². The molecule has 0 amide bonds. The maximum Gasteiger partial charge on any atom is 0.137 e. The smallest absolute Gasteiger partial charge is 0.137 e. The van der Waals surface area contributed by atoms with Gasteiger partial charge in [-0.05, 0) is 24.1 Å². The summed E-state index contributed by atoms with van der Waals surface area (Å²) in [4.78, 5) is 11.8. The summed E-state index contributed by atoms with van der Waals surface area (Å²) in [5.41, 5.74) is 7.47. The summed E-state index contributed by atoms with van der Waals surface area (Å²) in [7, 11) is 0. The molecule has 0 aliphatic heterocycles. The van der Waals surface area contributed by atoms with Crippen LogP contribution >= 0.6 is 0 Å². The van der Waals surface area contributed by atoms with E-state index in [-0.39, 0.29) is 0 Å². The Hall–Kier alpha value is -1.31. The van der Waals surface area contributed by atoms with E-state index in [0.29, 0.717) is 18.6 Å². The number of anilines is 1. The molecule has 0 saturated heterocycles. The van der Waals surface area contributed by atoms with Crippen LogP contribution in [-0.2, 0) is 11.2 Å². The minimum Gasteiger partial charge on any atom is -0.399 e. The number of carbonyl (C=O) groups excluding carboxylic acids is 1. The number of rotatable bonds is 10. The highest BCUT2D eigenvalue weighted by molar-refractivity contribution is 5.81. The summed E-state index contributed by atoms with van der Waals surface area (Å²) in [6.07, 6.45) is 10.0. The third-order valence-electron chi connectivity index (χ3n) is 3.41. The lowest BCUT2D eigenvalue weighted by atomic mass is 10.0. The van der Waals surface area contributed by atoms with Crippen molar-refractivity contribution in [1.82, 2.24) is 0 Å². The number of unbranched alkanes of at least 4 members (excludes halogenated alkanes) is 6. The Morgan fingerprint density at radius 1 is 1.05 bits per heavy atom. The normalized spacial score (nSPS) is 10.6. The van der Waals surface area contributed by atoms with Crippen LogP contribution in [0.4, 0.5) is 5.69 Å². The molecule has 0 bridgehead atoms. The third kappa shape index (κ3) is 7.66. The van der Waals surface area contributed by atoms with Gasteiger partial charge in [0.05, 0.1) is 0 Å². The molecular formula is C17H27NO. The third-order valence-corrected chi connectivity index (χ3v) is 3.41. The van der Waals surface area contributed by atoms with E-state index in [9.17, 15) is 4.79 Å². The van der Waals surface area contributed by atoms with Gasteiger partial charge in [-0.3, -0.25) is 4.79 Å². The first-order valence-electron chi connectivity index (χ1n) is 7.58. The predicted molar refractivity (Wildman–Crippen MR) is 82.2 cm³/mol. The Morgan fingerprint density at radius 2 is 1.74 bits per heavy atom. The van der Waals surface area contributed by atoms with Crippen molar-refractivity contribution in [2.45, 2.75) is 64.7 Å². The fourth-order valence-electron chi connectivity index (χ4n) is 2.30. The number of ketones is 1. The highest BCUT2D eigenvalue weighted by Gasteiger charge is 2.03. The van der Waals surface area contributed by atoms with E-state index in [2.05, 4.69) is 6.92 Å². The second kappa shape index (κ2) is 9.60. The van der Waals surface area contributed by atoms with Gasteiger partial charge in [0.25, 0.3) is 0 Å². The summed E-state index contributed by atoms with van der Waals surface area (Å²) in [6, 6.07) is 7.62. The van der Waals surface area contributed by atoms with Crippen LogP contribution < -0.4 is 5.73 Å². The summed E-state index contributed by atoms with van der Waals surface area (Å²) < 4.78 is 0. The molecule has 106 valence electrons. The molecule has 2 heteroatoms. The Bertz CT molecular complexity index is 373. The number of Topliss-reactive ketones (excluding diaryl/α,β-unsaturated/α-hetero) is 1. The molecule has 0 aliphatic carbocycles. The lowest BCUT2D eigenvalue weighted by Gasteiger charge is -2.03. The molecular weight excluding hydrogens is 234 g/mol. The first kappa shape index (κ1) is 15.7. The summed E-state index contributed by atoms with van der Waals surface area (Å²) >= 11 is 0. The Labute approximate surface area is 117 Å². The fourth-order valence-corrected chi connectivity index (χ4v) is 2.30. The van der Waals surface area contributed by atoms with Crippen LogP contribution in [0.5, 0.6) is 0 Å². The first-order valence-corrected chi connectivity index (χ1v) is 7.58. The molecule has 0 unspecified atom stereocenters. The van der Waals surface area contributed by atoms with Crippen LogP contribution in [0, 0.1) is 0 Å². The van der Waals surface area contributed by atoms with Crippen molar-refractivity contribution in [2.24, 2.45) is 0 Å². The van der Waals surface area contributed by atoms with Crippen molar-refractivity contribution in [3.63, 3.8) is 0 Å². The molecule has 1 aromatic carbocycles. The van der Waals surface area contributed by atoms with E-state index in [0.717, 1.165) is 17.7 Å². The van der Waals surface area contributed by atoms with Crippen molar-refractivity contribution < 1.29 is 4.79 Å². The monoisotopic (exact) mass is 261 g/mol. The van der Waals surface area contributed by atoms with Crippen molar-refractivity contribution >= 4 is 11.5 Å². The number of hydrogen-bond acceptors (Lipinski definition) is 2. The molecule has 0 radical (unpaired) electrons. The van der Waals surface area contributed by atoms with Gasteiger partial charge in [0, 0.05) is 18.5 Å². The predicted octanol–water partition coefficient (Wildman–Crippen LogP) is 4.52. The standard InChI is InChI=1S/C17H27NO/c1-2-3-4-5-6-7-8-12-17(19)14-15-10-9-11-16(18)13-15/h9-11,13H,2-8,12,14,18H2,1H3. The van der Waals surface area contributed by atoms with Gasteiger partial charge in [-0.15, -0.1) is 0 Å². The highest BCUT2D eigenvalue weighted by atomic mass is 16.1. The van der Waals surface area contributed by atoms with Gasteiger partial charge in [0.1, 0.15) is 5.78 Å². The van der Waals surface area contributed by atoms with E-state index >= 15 is 0 Å². The fraction of sp³-hybridized carbons (Fsp3) is 0.588. The first-order chi connectivity index (χ1) is 9.22. The molecule has 19 heavy (non-hydrogen) atoms. The topological polar surface area (TPSA) is 43.1 Å². The molecule has 0 spiro atoms. The minimum absolute atomic E-state index is 0.333. The van der Waals surface area contributed by atoms with Crippen LogP contribution in [0.3, 0.4) is 0 Å². The Morgan fingerprint density at radius 3 is 2.42 bits per heavy atom. The second-order valence-electron chi connectivity index (χ2n) is 5.33. The highest BCUT2D eigenvalue weighted by Crippen LogP contribution is 2.11. The van der Waals surface area contributed by atoms with Gasteiger partial charge >= 0.3 is 0 Å². The van der Waals surface area contributed by atoms with Crippen LogP contribution in [0.1, 0.15) is 63.9 Å². The number of benzene rings is 1. The van der Waals surface area contributed by atoms with E-state index in [1.807, 2.05) is 24.3 Å². The van der Waals surface area contributed by atoms with Gasteiger partial charge in [-0.1, -0.05) is 57.6 Å². The van der Waals surface area contributed by atoms with Gasteiger partial charge in [-0.2, -0.15) is 0 Å². The molecule has 0 aliphatic rings. The molecule has 2 N–H and O–H groups in total. The van der Waals surface area contributed by atoms with Crippen LogP contribution in [-0.4, -0.2) is 5.78 Å². The van der Waals surface area contributed by atoms with Gasteiger partial charge in [-0.25, -0.2) is 0 Å².